The van der Waals surface area contributed by atoms with Gasteiger partial charge < -0.3 is 0 Å². The molecule has 0 aromatic carbocycles. The van der Waals surface area contributed by atoms with Crippen LogP contribution in [0.1, 0.15) is 19.8 Å². The van der Waals surface area contributed by atoms with E-state index in [4.69, 9.17) is 0 Å². The fourth-order valence-electron chi connectivity index (χ4n) is 0.381. The molecule has 2 radical (unpaired) electrons. The molecular weight excluding hydrogens is 191 g/mol. The van der Waals surface area contributed by atoms with Gasteiger partial charge in [0.2, 0.25) is 0 Å². The average Bonchev–Trinajstić information content (AvgIpc) is 1.69. The molecule has 0 aliphatic rings. The molecule has 0 aromatic heterocycles. The van der Waals surface area contributed by atoms with Crippen molar-refractivity contribution >= 4 is 21.1 Å². The summed E-state index contributed by atoms with van der Waals surface area (Å²) in [6, 6.07) is 0. The molecule has 0 atom stereocenters. The summed E-state index contributed by atoms with van der Waals surface area (Å²) in [7, 11) is 0. The van der Waals surface area contributed by atoms with Gasteiger partial charge in [0.05, 0.1) is 0 Å². The molecule has 0 saturated heterocycles. The summed E-state index contributed by atoms with van der Waals surface area (Å²) in [6.07, 6.45) is 2.78. The Balaban J connectivity index is 2.56. The van der Waals surface area contributed by atoms with Crippen molar-refractivity contribution in [2.24, 2.45) is 0 Å². The Bertz CT molecular complexity index is 41.4. The van der Waals surface area contributed by atoms with Gasteiger partial charge in [-0.05, 0) is 0 Å². The van der Waals surface area contributed by atoms with Crippen LogP contribution in [-0.2, 0) is 0 Å². The predicted molar refractivity (Wildman–Crippen MR) is 35.7 cm³/mol. The Kier molecular flexibility index (Phi) is 7.04. The van der Waals surface area contributed by atoms with Crippen LogP contribution in [0.5, 0.6) is 0 Å². The Morgan fingerprint density at radius 3 is 2.86 bits per heavy atom. The van der Waals surface area contributed by atoms with Gasteiger partial charge in [-0.2, -0.15) is 0 Å². The van der Waals surface area contributed by atoms with Gasteiger partial charge in [-0.15, -0.1) is 0 Å². The maximum absolute atomic E-state index is 3.71. The van der Waals surface area contributed by atoms with E-state index in [0.717, 1.165) is 0 Å². The number of rotatable bonds is 4. The van der Waals surface area contributed by atoms with E-state index >= 15 is 0 Å². The SMILES string of the molecule is C=[CH][Sn][CH2]CCC. The fraction of sp³-hybridized carbons (Fsp3) is 0.667. The van der Waals surface area contributed by atoms with Crippen LogP contribution in [0.3, 0.4) is 0 Å². The first kappa shape index (κ1) is 7.54. The maximum atomic E-state index is 3.71. The van der Waals surface area contributed by atoms with Gasteiger partial charge in [-0.25, -0.2) is 0 Å². The Morgan fingerprint density at radius 1 is 1.71 bits per heavy atom. The molecule has 0 aliphatic heterocycles. The van der Waals surface area contributed by atoms with Crippen LogP contribution in [0, 0.1) is 0 Å². The average molecular weight is 203 g/mol. The second-order valence-electron chi connectivity index (χ2n) is 1.51. The Morgan fingerprint density at radius 2 is 2.43 bits per heavy atom. The van der Waals surface area contributed by atoms with Gasteiger partial charge in [0.15, 0.2) is 0 Å². The van der Waals surface area contributed by atoms with Crippen LogP contribution in [-0.4, -0.2) is 21.1 Å². The Labute approximate surface area is 56.2 Å². The molecule has 1 heteroatoms. The summed E-state index contributed by atoms with van der Waals surface area (Å²) in [5.41, 5.74) is 0. The number of hydrogen-bond donors (Lipinski definition) is 0. The quantitative estimate of drug-likeness (QED) is 0.484. The molecule has 0 spiro atoms. The predicted octanol–water partition coefficient (Wildman–Crippen LogP) is 2.05. The van der Waals surface area contributed by atoms with Gasteiger partial charge in [0, 0.05) is 0 Å². The van der Waals surface area contributed by atoms with Gasteiger partial charge in [-0.3, -0.25) is 0 Å². The second kappa shape index (κ2) is 6.54. The molecule has 0 bridgehead atoms. The zero-order valence-corrected chi connectivity index (χ0v) is 7.76. The van der Waals surface area contributed by atoms with Crippen LogP contribution in [0.2, 0.25) is 4.44 Å². The van der Waals surface area contributed by atoms with Crippen LogP contribution in [0.4, 0.5) is 0 Å². The van der Waals surface area contributed by atoms with Crippen molar-refractivity contribution in [3.63, 3.8) is 0 Å². The van der Waals surface area contributed by atoms with E-state index in [1.165, 1.54) is 17.3 Å². The number of unbranched alkanes of at least 4 members (excludes halogenated alkanes) is 1. The van der Waals surface area contributed by atoms with E-state index in [2.05, 4.69) is 17.6 Å². The van der Waals surface area contributed by atoms with Crippen LogP contribution < -0.4 is 0 Å². The molecule has 0 aliphatic carbocycles. The van der Waals surface area contributed by atoms with Crippen molar-refractivity contribution in [3.05, 3.63) is 10.7 Å². The minimum atomic E-state index is -0.0525. The minimum absolute atomic E-state index is 0.0525. The van der Waals surface area contributed by atoms with Crippen molar-refractivity contribution < 1.29 is 0 Å². The molecule has 0 aromatic rings. The van der Waals surface area contributed by atoms with Crippen molar-refractivity contribution in [1.82, 2.24) is 0 Å². The second-order valence-corrected chi connectivity index (χ2v) is 5.27. The monoisotopic (exact) mass is 204 g/mol. The third kappa shape index (κ3) is 6.54. The molecule has 0 saturated carbocycles. The van der Waals surface area contributed by atoms with Crippen LogP contribution in [0.25, 0.3) is 0 Å². The molecule has 0 heterocycles. The molecule has 0 amide bonds. The topological polar surface area (TPSA) is 0 Å². The van der Waals surface area contributed by atoms with Crippen molar-refractivity contribution in [1.29, 1.82) is 0 Å². The number of hydrogen-bond acceptors (Lipinski definition) is 0. The first-order valence-corrected chi connectivity index (χ1v) is 6.42. The van der Waals surface area contributed by atoms with E-state index in [1.54, 1.807) is 0 Å². The molecule has 0 rings (SSSR count). The summed E-state index contributed by atoms with van der Waals surface area (Å²) in [6.45, 7) is 5.95. The van der Waals surface area contributed by atoms with Crippen molar-refractivity contribution in [2.75, 3.05) is 0 Å². The fourth-order valence-corrected chi connectivity index (χ4v) is 2.56. The summed E-state index contributed by atoms with van der Waals surface area (Å²) in [5.74, 6) is 0. The van der Waals surface area contributed by atoms with Crippen LogP contribution >= 0.6 is 0 Å². The summed E-state index contributed by atoms with van der Waals surface area (Å²) >= 11 is -0.0525. The Hall–Kier alpha value is 0.539. The summed E-state index contributed by atoms with van der Waals surface area (Å²) in [5, 5.41) is 0. The standard InChI is InChI=1S/C4H9.C2H3.Sn/c1-3-4-2;1-2;/h1,3-4H2,2H3;1H,2H2;. The van der Waals surface area contributed by atoms with Gasteiger partial charge in [-0.1, -0.05) is 0 Å². The van der Waals surface area contributed by atoms with Gasteiger partial charge in [0.1, 0.15) is 0 Å². The summed E-state index contributed by atoms with van der Waals surface area (Å²) in [4.78, 5) is 0. The first-order chi connectivity index (χ1) is 3.41. The van der Waals surface area contributed by atoms with Crippen LogP contribution in [0.15, 0.2) is 10.7 Å². The normalized spacial score (nSPS) is 8.71. The molecule has 0 nitrogen and oxygen atoms in total. The zero-order chi connectivity index (χ0) is 5.54. The van der Waals surface area contributed by atoms with E-state index in [0.29, 0.717) is 0 Å². The van der Waals surface area contributed by atoms with Crippen molar-refractivity contribution in [3.8, 4) is 0 Å². The van der Waals surface area contributed by atoms with E-state index in [-0.39, 0.29) is 21.1 Å². The summed E-state index contributed by atoms with van der Waals surface area (Å²) < 4.78 is 3.64. The molecule has 40 valence electrons. The van der Waals surface area contributed by atoms with Gasteiger partial charge in [0.25, 0.3) is 0 Å². The van der Waals surface area contributed by atoms with Crippen molar-refractivity contribution in [2.45, 2.75) is 24.2 Å². The molecule has 0 fully saturated rings. The van der Waals surface area contributed by atoms with E-state index in [1.807, 2.05) is 0 Å². The third-order valence-corrected chi connectivity index (χ3v) is 3.48. The molecule has 0 N–H and O–H groups in total. The third-order valence-electron chi connectivity index (χ3n) is 0.819. The molecule has 0 unspecified atom stereocenters. The zero-order valence-electron chi connectivity index (χ0n) is 4.91. The molecule has 7 heavy (non-hydrogen) atoms. The van der Waals surface area contributed by atoms with E-state index in [9.17, 15) is 0 Å². The van der Waals surface area contributed by atoms with E-state index < -0.39 is 0 Å². The van der Waals surface area contributed by atoms with Gasteiger partial charge >= 0.3 is 56.0 Å². The first-order valence-electron chi connectivity index (χ1n) is 2.76. The molecular formula is C6H12Sn.